The average Bonchev–Trinajstić information content (AvgIpc) is 3.69. The monoisotopic (exact) mass is 584 g/mol. The molecule has 0 aromatic heterocycles. The minimum atomic E-state index is -4.81. The third-order valence-corrected chi connectivity index (χ3v) is 10.7. The van der Waals surface area contributed by atoms with Crippen LogP contribution >= 0.6 is 0 Å². The van der Waals surface area contributed by atoms with Crippen LogP contribution < -0.4 is 9.47 Å². The molecule has 2 aromatic carbocycles. The molecule has 2 aliphatic heterocycles. The first-order valence-electron chi connectivity index (χ1n) is 14.7. The number of alkyl halides is 3. The van der Waals surface area contributed by atoms with Crippen LogP contribution in [0.25, 0.3) is 6.08 Å². The topological polar surface area (TPSA) is 82.5 Å². The zero-order valence-corrected chi connectivity index (χ0v) is 23.7. The molecular formula is C32H35F3N2O5. The molecule has 5 atom stereocenters. The molecule has 5 aliphatic rings. The molecule has 2 N–H and O–H groups in total. The highest BCUT2D eigenvalue weighted by Crippen LogP contribution is 2.69. The van der Waals surface area contributed by atoms with Crippen LogP contribution in [0.5, 0.6) is 17.2 Å². The van der Waals surface area contributed by atoms with E-state index in [1.54, 1.807) is 24.1 Å². The predicted octanol–water partition coefficient (Wildman–Crippen LogP) is 4.79. The van der Waals surface area contributed by atoms with E-state index >= 15 is 0 Å². The maximum atomic E-state index is 13.5. The van der Waals surface area contributed by atoms with Crippen molar-refractivity contribution in [1.82, 2.24) is 9.80 Å². The summed E-state index contributed by atoms with van der Waals surface area (Å²) in [5.41, 5.74) is -0.556. The Morgan fingerprint density at radius 2 is 2.00 bits per heavy atom. The van der Waals surface area contributed by atoms with Gasteiger partial charge in [0.2, 0.25) is 5.91 Å². The Bertz CT molecular complexity index is 1470. The van der Waals surface area contributed by atoms with Gasteiger partial charge in [-0.3, -0.25) is 9.69 Å². The van der Waals surface area contributed by atoms with E-state index < -0.39 is 29.0 Å². The SMILES string of the molecule is CN(C(=O)C=Cc1cccc(OC(F)(F)F)c1)[C@H]1CC[C@@]2(O)[C@H]3Cc4ccc(O)c5c4[C@@]2(CCN3CC2CC2)[C@@]1(C)O5. The first-order valence-corrected chi connectivity index (χ1v) is 14.7. The number of likely N-dealkylation sites (N-methyl/N-ethyl adjacent to an activating group) is 1. The number of piperidine rings is 1. The van der Waals surface area contributed by atoms with E-state index in [4.69, 9.17) is 4.74 Å². The number of rotatable bonds is 6. The van der Waals surface area contributed by atoms with Gasteiger partial charge in [-0.25, -0.2) is 0 Å². The van der Waals surface area contributed by atoms with Crippen molar-refractivity contribution < 1.29 is 37.7 Å². The first kappa shape index (κ1) is 27.6. The molecule has 42 heavy (non-hydrogen) atoms. The van der Waals surface area contributed by atoms with Crippen molar-refractivity contribution in [2.45, 2.75) is 80.5 Å². The van der Waals surface area contributed by atoms with Gasteiger partial charge >= 0.3 is 6.36 Å². The molecule has 0 radical (unpaired) electrons. The summed E-state index contributed by atoms with van der Waals surface area (Å²) >= 11 is 0. The Hall–Kier alpha value is -3.24. The summed E-state index contributed by atoms with van der Waals surface area (Å²) in [5, 5.41) is 23.7. The van der Waals surface area contributed by atoms with Gasteiger partial charge in [0.15, 0.2) is 11.5 Å². The van der Waals surface area contributed by atoms with Crippen LogP contribution in [0, 0.1) is 5.92 Å². The van der Waals surface area contributed by atoms with Gasteiger partial charge < -0.3 is 24.6 Å². The van der Waals surface area contributed by atoms with Gasteiger partial charge in [-0.15, -0.1) is 13.2 Å². The fourth-order valence-electron chi connectivity index (χ4n) is 8.73. The summed E-state index contributed by atoms with van der Waals surface area (Å²) in [5.74, 6) is 0.419. The maximum absolute atomic E-state index is 13.5. The third kappa shape index (κ3) is 3.90. The van der Waals surface area contributed by atoms with Crippen molar-refractivity contribution >= 4 is 12.0 Å². The Kier molecular flexibility index (Phi) is 6.00. The zero-order valence-electron chi connectivity index (χ0n) is 23.7. The number of amides is 1. The summed E-state index contributed by atoms with van der Waals surface area (Å²) in [6.45, 7) is 3.75. The molecule has 2 bridgehead atoms. The number of carbonyl (C=O) groups is 1. The highest BCUT2D eigenvalue weighted by molar-refractivity contribution is 5.92. The largest absolute Gasteiger partial charge is 0.573 e. The minimum Gasteiger partial charge on any atom is -0.504 e. The number of carbonyl (C=O) groups excluding carboxylic acids is 1. The number of aliphatic hydroxyl groups is 1. The summed E-state index contributed by atoms with van der Waals surface area (Å²) in [6, 6.07) is 8.56. The number of ether oxygens (including phenoxy) is 2. The van der Waals surface area contributed by atoms with Gasteiger partial charge in [-0.05, 0) is 93.3 Å². The average molecular weight is 585 g/mol. The molecule has 0 unspecified atom stereocenters. The number of hydrogen-bond donors (Lipinski definition) is 2. The molecule has 2 aromatic rings. The number of phenolic OH excluding ortho intramolecular Hbond substituents is 1. The van der Waals surface area contributed by atoms with Gasteiger partial charge in [0, 0.05) is 31.3 Å². The smallest absolute Gasteiger partial charge is 0.504 e. The van der Waals surface area contributed by atoms with E-state index in [1.807, 2.05) is 13.0 Å². The molecule has 2 heterocycles. The molecule has 1 spiro atoms. The van der Waals surface area contributed by atoms with Crippen molar-refractivity contribution in [1.29, 1.82) is 0 Å². The van der Waals surface area contributed by atoms with Crippen molar-refractivity contribution in [3.8, 4) is 17.2 Å². The minimum absolute atomic E-state index is 0.0357. The number of halogens is 3. The Morgan fingerprint density at radius 1 is 1.21 bits per heavy atom. The van der Waals surface area contributed by atoms with Crippen LogP contribution in [-0.2, 0) is 16.6 Å². The van der Waals surface area contributed by atoms with E-state index in [0.29, 0.717) is 42.9 Å². The van der Waals surface area contributed by atoms with Crippen LogP contribution in [0.2, 0.25) is 0 Å². The lowest BCUT2D eigenvalue weighted by molar-refractivity contribution is -0.274. The van der Waals surface area contributed by atoms with Gasteiger partial charge in [0.1, 0.15) is 11.4 Å². The van der Waals surface area contributed by atoms with E-state index in [0.717, 1.165) is 24.2 Å². The number of nitrogens with zero attached hydrogens (tertiary/aromatic N) is 2. The zero-order chi connectivity index (χ0) is 29.7. The lowest BCUT2D eigenvalue weighted by atomic mass is 9.44. The van der Waals surface area contributed by atoms with Crippen LogP contribution in [0.15, 0.2) is 42.5 Å². The Morgan fingerprint density at radius 3 is 2.74 bits per heavy atom. The van der Waals surface area contributed by atoms with E-state index in [1.165, 1.54) is 43.2 Å². The predicted molar refractivity (Wildman–Crippen MR) is 148 cm³/mol. The van der Waals surface area contributed by atoms with Crippen molar-refractivity contribution in [3.63, 3.8) is 0 Å². The van der Waals surface area contributed by atoms with Crippen molar-refractivity contribution in [3.05, 3.63) is 59.2 Å². The van der Waals surface area contributed by atoms with Crippen molar-refractivity contribution in [2.75, 3.05) is 20.1 Å². The molecule has 3 fully saturated rings. The lowest BCUT2D eigenvalue weighted by Crippen LogP contribution is -2.82. The van der Waals surface area contributed by atoms with E-state index in [2.05, 4.69) is 9.64 Å². The highest BCUT2D eigenvalue weighted by atomic mass is 19.4. The van der Waals surface area contributed by atoms with Crippen LogP contribution in [0.3, 0.4) is 0 Å². The number of benzene rings is 2. The van der Waals surface area contributed by atoms with Gasteiger partial charge in [0.05, 0.1) is 17.1 Å². The molecule has 7 nitrogen and oxygen atoms in total. The fraction of sp³-hybridized carbons (Fsp3) is 0.531. The fourth-order valence-corrected chi connectivity index (χ4v) is 8.73. The normalized spacial score (nSPS) is 33.3. The Balaban J connectivity index is 1.22. The number of hydrogen-bond acceptors (Lipinski definition) is 6. The number of aromatic hydroxyl groups is 1. The molecule has 10 heteroatoms. The third-order valence-electron chi connectivity index (χ3n) is 10.7. The van der Waals surface area contributed by atoms with Gasteiger partial charge in [-0.2, -0.15) is 0 Å². The second-order valence-corrected chi connectivity index (χ2v) is 12.9. The van der Waals surface area contributed by atoms with Crippen LogP contribution in [0.4, 0.5) is 13.2 Å². The van der Waals surface area contributed by atoms with Gasteiger partial charge in [-0.1, -0.05) is 18.2 Å². The van der Waals surface area contributed by atoms with Crippen LogP contribution in [0.1, 0.15) is 55.7 Å². The molecule has 1 amide bonds. The summed E-state index contributed by atoms with van der Waals surface area (Å²) in [6.07, 6.45) is 2.75. The molecule has 7 rings (SSSR count). The van der Waals surface area contributed by atoms with Crippen LogP contribution in [-0.4, -0.2) is 75.7 Å². The second kappa shape index (κ2) is 9.13. The second-order valence-electron chi connectivity index (χ2n) is 12.9. The molecular weight excluding hydrogens is 549 g/mol. The maximum Gasteiger partial charge on any atom is 0.573 e. The van der Waals surface area contributed by atoms with E-state index in [-0.39, 0.29) is 23.4 Å². The standard InChI is InChI=1S/C32H35F3N2O5/c1-29-24(36(2)26(39)11-8-19-4-3-5-22(16-19)41-32(33,34)35)12-13-31(40)25-17-21-9-10-23(38)28(42-29)27(21)30(29,31)14-15-37(25)18-20-6-7-20/h3-5,8-11,16,20,24-25,38,40H,6-7,12-15,17-18H2,1-2H3/t24-,25+,29-,30-,31+/m0/s1. The summed E-state index contributed by atoms with van der Waals surface area (Å²) in [4.78, 5) is 17.6. The van der Waals surface area contributed by atoms with Crippen molar-refractivity contribution in [2.24, 2.45) is 5.92 Å². The highest BCUT2D eigenvalue weighted by Gasteiger charge is 2.78. The quantitative estimate of drug-likeness (QED) is 0.476. The number of likely N-dealkylation sites (tertiary alicyclic amines) is 1. The molecule has 3 aliphatic carbocycles. The summed E-state index contributed by atoms with van der Waals surface area (Å²) < 4.78 is 48.7. The molecule has 1 saturated heterocycles. The van der Waals surface area contributed by atoms with Gasteiger partial charge in [0.25, 0.3) is 0 Å². The number of phenols is 1. The molecule has 224 valence electrons. The summed E-state index contributed by atoms with van der Waals surface area (Å²) in [7, 11) is 1.70. The first-order chi connectivity index (χ1) is 19.9. The molecule has 2 saturated carbocycles. The van der Waals surface area contributed by atoms with E-state index in [9.17, 15) is 28.2 Å². The lowest BCUT2D eigenvalue weighted by Gasteiger charge is -2.68. The Labute approximate surface area is 242 Å².